The Labute approximate surface area is 124 Å². The van der Waals surface area contributed by atoms with Gasteiger partial charge in [0.15, 0.2) is 5.17 Å². The van der Waals surface area contributed by atoms with Gasteiger partial charge in [-0.05, 0) is 6.92 Å². The Morgan fingerprint density at radius 3 is 2.57 bits per heavy atom. The lowest BCUT2D eigenvalue weighted by molar-refractivity contribution is -0.132. The van der Waals surface area contributed by atoms with Crippen molar-refractivity contribution < 1.29 is 33.2 Å². The molecule has 0 aliphatic carbocycles. The van der Waals surface area contributed by atoms with Crippen molar-refractivity contribution in [3.63, 3.8) is 0 Å². The number of hydrogen-bond acceptors (Lipinski definition) is 6. The van der Waals surface area contributed by atoms with Crippen molar-refractivity contribution in [3.05, 3.63) is 0 Å². The molecule has 0 aromatic carbocycles. The molecule has 1 fully saturated rings. The van der Waals surface area contributed by atoms with Gasteiger partial charge in [0.25, 0.3) is 0 Å². The summed E-state index contributed by atoms with van der Waals surface area (Å²) in [5, 5.41) is 30.6. The van der Waals surface area contributed by atoms with E-state index in [0.717, 1.165) is 11.8 Å². The second-order valence-electron chi connectivity index (χ2n) is 4.58. The van der Waals surface area contributed by atoms with Crippen LogP contribution in [-0.2, 0) is 4.74 Å². The van der Waals surface area contributed by atoms with Crippen molar-refractivity contribution in [3.8, 4) is 0 Å². The molecule has 0 aromatic rings. The maximum absolute atomic E-state index is 12.0. The molecule has 0 aromatic heterocycles. The van der Waals surface area contributed by atoms with Gasteiger partial charge >= 0.3 is 6.18 Å². The standard InChI is InChI=1S/C11H19F3N2O4S/c1-6-9(20-8(5-18)7(19)4-17)21-10(16-6)15-3-2-11(12,13)14/h6-9,17-19H,2-5H2,1H3,(H,15,16)/t6-,7+,8-,9-/m1/s1. The van der Waals surface area contributed by atoms with Crippen LogP contribution >= 0.6 is 11.8 Å². The molecule has 4 N–H and O–H groups in total. The summed E-state index contributed by atoms with van der Waals surface area (Å²) in [7, 11) is 0. The van der Waals surface area contributed by atoms with E-state index >= 15 is 0 Å². The first kappa shape index (κ1) is 18.5. The molecule has 4 atom stereocenters. The minimum atomic E-state index is -4.25. The smallest absolute Gasteiger partial charge is 0.390 e. The minimum Gasteiger partial charge on any atom is -0.394 e. The normalized spacial score (nSPS) is 27.7. The number of rotatable bonds is 7. The lowest BCUT2D eigenvalue weighted by Gasteiger charge is -2.24. The molecule has 1 heterocycles. The van der Waals surface area contributed by atoms with E-state index in [-0.39, 0.29) is 12.6 Å². The molecule has 124 valence electrons. The molecule has 21 heavy (non-hydrogen) atoms. The predicted octanol–water partition coefficient (Wildman–Crippen LogP) is 0.0765. The zero-order valence-electron chi connectivity index (χ0n) is 11.4. The Kier molecular flexibility index (Phi) is 7.21. The maximum Gasteiger partial charge on any atom is 0.390 e. The third kappa shape index (κ3) is 6.39. The van der Waals surface area contributed by atoms with Crippen molar-refractivity contribution in [2.24, 2.45) is 4.99 Å². The number of nitrogens with one attached hydrogen (secondary N) is 1. The second-order valence-corrected chi connectivity index (χ2v) is 5.67. The number of halogens is 3. The fraction of sp³-hybridized carbons (Fsp3) is 0.909. The van der Waals surface area contributed by atoms with Crippen LogP contribution in [-0.4, -0.2) is 70.1 Å². The van der Waals surface area contributed by atoms with E-state index in [1.54, 1.807) is 6.92 Å². The van der Waals surface area contributed by atoms with E-state index in [2.05, 4.69) is 10.3 Å². The number of aliphatic imine (C=N–C) groups is 1. The van der Waals surface area contributed by atoms with Crippen LogP contribution in [0.15, 0.2) is 4.99 Å². The van der Waals surface area contributed by atoms with E-state index in [9.17, 15) is 18.3 Å². The third-order valence-electron chi connectivity index (χ3n) is 2.74. The molecule has 0 amide bonds. The van der Waals surface area contributed by atoms with Crippen LogP contribution in [0.4, 0.5) is 13.2 Å². The fourth-order valence-corrected chi connectivity index (χ4v) is 2.68. The molecule has 0 unspecified atom stereocenters. The number of hydrogen-bond donors (Lipinski definition) is 4. The highest BCUT2D eigenvalue weighted by molar-refractivity contribution is 8.14. The van der Waals surface area contributed by atoms with E-state index < -0.39 is 43.5 Å². The monoisotopic (exact) mass is 332 g/mol. The second kappa shape index (κ2) is 8.18. The van der Waals surface area contributed by atoms with Crippen molar-refractivity contribution in [1.82, 2.24) is 5.32 Å². The Balaban J connectivity index is 2.50. The number of nitrogens with zero attached hydrogens (tertiary/aromatic N) is 1. The highest BCUT2D eigenvalue weighted by Crippen LogP contribution is 2.27. The van der Waals surface area contributed by atoms with E-state index in [4.69, 9.17) is 14.9 Å². The third-order valence-corrected chi connectivity index (χ3v) is 3.96. The van der Waals surface area contributed by atoms with Gasteiger partial charge in [-0.15, -0.1) is 0 Å². The van der Waals surface area contributed by atoms with E-state index in [0.29, 0.717) is 5.17 Å². The molecule has 0 bridgehead atoms. The van der Waals surface area contributed by atoms with Gasteiger partial charge in [0.2, 0.25) is 0 Å². The fourth-order valence-electron chi connectivity index (χ4n) is 1.57. The molecule has 1 rings (SSSR count). The average molecular weight is 332 g/mol. The molecule has 1 saturated heterocycles. The van der Waals surface area contributed by atoms with Gasteiger partial charge in [-0.1, -0.05) is 11.8 Å². The molecule has 1 aliphatic rings. The SMILES string of the molecule is C[C@H]1NC(=NCCC(F)(F)F)S[C@H]1O[C@H](CO)[C@@H](O)CO. The average Bonchev–Trinajstić information content (AvgIpc) is 2.74. The highest BCUT2D eigenvalue weighted by atomic mass is 32.2. The number of amidine groups is 1. The zero-order chi connectivity index (χ0) is 16.0. The number of aliphatic hydroxyl groups is 3. The van der Waals surface area contributed by atoms with Gasteiger partial charge < -0.3 is 25.4 Å². The highest BCUT2D eigenvalue weighted by Gasteiger charge is 2.34. The molecular formula is C11H19F3N2O4S. The summed E-state index contributed by atoms with van der Waals surface area (Å²) >= 11 is 1.09. The maximum atomic E-state index is 12.0. The van der Waals surface area contributed by atoms with Crippen LogP contribution in [0.1, 0.15) is 13.3 Å². The predicted molar refractivity (Wildman–Crippen MR) is 72.0 cm³/mol. The topological polar surface area (TPSA) is 94.3 Å². The number of ether oxygens (including phenoxy) is 1. The number of aliphatic hydroxyl groups excluding tert-OH is 3. The van der Waals surface area contributed by atoms with Gasteiger partial charge in [0.1, 0.15) is 17.6 Å². The summed E-state index contributed by atoms with van der Waals surface area (Å²) in [4.78, 5) is 3.80. The summed E-state index contributed by atoms with van der Waals surface area (Å²) < 4.78 is 41.5. The van der Waals surface area contributed by atoms with E-state index in [1.807, 2.05) is 0 Å². The van der Waals surface area contributed by atoms with Crippen LogP contribution in [0.3, 0.4) is 0 Å². The van der Waals surface area contributed by atoms with Crippen LogP contribution in [0.25, 0.3) is 0 Å². The summed E-state index contributed by atoms with van der Waals surface area (Å²) in [6.07, 6.45) is -7.44. The Morgan fingerprint density at radius 1 is 1.38 bits per heavy atom. The molecule has 1 aliphatic heterocycles. The molecule has 10 heteroatoms. The van der Waals surface area contributed by atoms with Gasteiger partial charge in [0, 0.05) is 0 Å². The Hall–Kier alpha value is -0.550. The van der Waals surface area contributed by atoms with Gasteiger partial charge in [0.05, 0.1) is 32.2 Å². The van der Waals surface area contributed by atoms with Crippen LogP contribution in [0.2, 0.25) is 0 Å². The molecule has 0 spiro atoms. The van der Waals surface area contributed by atoms with Gasteiger partial charge in [-0.2, -0.15) is 13.2 Å². The largest absolute Gasteiger partial charge is 0.394 e. The van der Waals surface area contributed by atoms with Gasteiger partial charge in [-0.25, -0.2) is 0 Å². The van der Waals surface area contributed by atoms with Crippen LogP contribution < -0.4 is 5.32 Å². The minimum absolute atomic E-state index is 0.250. The van der Waals surface area contributed by atoms with Crippen molar-refractivity contribution in [2.45, 2.75) is 43.2 Å². The molecule has 6 nitrogen and oxygen atoms in total. The summed E-state index contributed by atoms with van der Waals surface area (Å²) in [5.74, 6) is 0. The molecule has 0 radical (unpaired) electrons. The first-order chi connectivity index (χ1) is 9.76. The number of alkyl halides is 3. The first-order valence-corrected chi connectivity index (χ1v) is 7.24. The Morgan fingerprint density at radius 2 is 2.05 bits per heavy atom. The summed E-state index contributed by atoms with van der Waals surface area (Å²) in [6, 6.07) is -0.250. The van der Waals surface area contributed by atoms with Crippen molar-refractivity contribution >= 4 is 16.9 Å². The van der Waals surface area contributed by atoms with Crippen LogP contribution in [0, 0.1) is 0 Å². The summed E-state index contributed by atoms with van der Waals surface area (Å²) in [5.41, 5.74) is -0.520. The van der Waals surface area contributed by atoms with E-state index in [1.165, 1.54) is 0 Å². The Bertz CT molecular complexity index is 357. The van der Waals surface area contributed by atoms with Crippen LogP contribution in [0.5, 0.6) is 0 Å². The summed E-state index contributed by atoms with van der Waals surface area (Å²) in [6.45, 7) is 0.327. The lowest BCUT2D eigenvalue weighted by atomic mass is 10.2. The first-order valence-electron chi connectivity index (χ1n) is 6.36. The van der Waals surface area contributed by atoms with Crippen molar-refractivity contribution in [1.29, 1.82) is 0 Å². The zero-order valence-corrected chi connectivity index (χ0v) is 12.2. The molecule has 0 saturated carbocycles. The lowest BCUT2D eigenvalue weighted by Crippen LogP contribution is -2.40. The molecular weight excluding hydrogens is 313 g/mol. The quantitative estimate of drug-likeness (QED) is 0.527. The van der Waals surface area contributed by atoms with Gasteiger partial charge in [-0.3, -0.25) is 4.99 Å². The van der Waals surface area contributed by atoms with Crippen molar-refractivity contribution in [2.75, 3.05) is 19.8 Å². The number of thioether (sulfide) groups is 1.